The number of nitrogens with zero attached hydrogens (tertiary/aromatic N) is 2. The van der Waals surface area contributed by atoms with Crippen molar-refractivity contribution in [2.45, 2.75) is 19.3 Å². The summed E-state index contributed by atoms with van der Waals surface area (Å²) in [6.07, 6.45) is 9.70. The molecule has 0 aliphatic carbocycles. The summed E-state index contributed by atoms with van der Waals surface area (Å²) < 4.78 is 5.25. The number of rotatable bonds is 5. The lowest BCUT2D eigenvalue weighted by Crippen LogP contribution is -2.30. The second kappa shape index (κ2) is 10.2. The van der Waals surface area contributed by atoms with E-state index in [9.17, 15) is 9.59 Å². The molecular weight excluding hydrogens is 390 g/mol. The molecule has 0 spiro atoms. The van der Waals surface area contributed by atoms with Crippen LogP contribution < -0.4 is 5.32 Å². The molecular formula is C25H27N3O3. The number of carbonyl (C=O) groups is 2. The number of anilines is 1. The average molecular weight is 418 g/mol. The molecule has 160 valence electrons. The smallest absolute Gasteiger partial charge is 0.246 e. The molecule has 1 fully saturated rings. The van der Waals surface area contributed by atoms with Crippen molar-refractivity contribution in [1.29, 1.82) is 0 Å². The number of nitrogens with one attached hydrogen (secondary N) is 1. The molecule has 1 atom stereocenters. The van der Waals surface area contributed by atoms with E-state index in [0.29, 0.717) is 32.1 Å². The summed E-state index contributed by atoms with van der Waals surface area (Å²) in [5.41, 5.74) is 3.34. The van der Waals surface area contributed by atoms with E-state index >= 15 is 0 Å². The Hall–Kier alpha value is -3.25. The summed E-state index contributed by atoms with van der Waals surface area (Å²) in [6, 6.07) is 13.9. The normalized spacial score (nSPS) is 19.2. The second-order valence-electron chi connectivity index (χ2n) is 7.82. The van der Waals surface area contributed by atoms with Crippen LogP contribution in [-0.4, -0.2) is 48.0 Å². The monoisotopic (exact) mass is 417 g/mol. The summed E-state index contributed by atoms with van der Waals surface area (Å²) in [6.45, 7) is 2.52. The van der Waals surface area contributed by atoms with Crippen LogP contribution in [0.5, 0.6) is 0 Å². The maximum Gasteiger partial charge on any atom is 0.246 e. The Balaban J connectivity index is 1.29. The van der Waals surface area contributed by atoms with Gasteiger partial charge >= 0.3 is 0 Å². The lowest BCUT2D eigenvalue weighted by molar-refractivity contribution is -0.125. The minimum atomic E-state index is -0.107. The zero-order valence-electron chi connectivity index (χ0n) is 17.5. The van der Waals surface area contributed by atoms with Gasteiger partial charge in [-0.05, 0) is 54.2 Å². The molecule has 2 aromatic rings. The first-order valence-corrected chi connectivity index (χ1v) is 10.7. The number of benzene rings is 1. The van der Waals surface area contributed by atoms with Crippen LogP contribution in [0, 0.1) is 5.92 Å². The fourth-order valence-electron chi connectivity index (χ4n) is 3.82. The summed E-state index contributed by atoms with van der Waals surface area (Å²) >= 11 is 0. The van der Waals surface area contributed by atoms with Crippen LogP contribution in [0.4, 0.5) is 5.82 Å². The quantitative estimate of drug-likeness (QED) is 0.752. The Morgan fingerprint density at radius 2 is 2.00 bits per heavy atom. The van der Waals surface area contributed by atoms with Gasteiger partial charge in [-0.2, -0.15) is 0 Å². The first kappa shape index (κ1) is 21.0. The third kappa shape index (κ3) is 5.67. The highest BCUT2D eigenvalue weighted by Gasteiger charge is 2.23. The Morgan fingerprint density at radius 1 is 1.13 bits per heavy atom. The van der Waals surface area contributed by atoms with Gasteiger partial charge in [0.1, 0.15) is 5.82 Å². The summed E-state index contributed by atoms with van der Waals surface area (Å²) in [5.74, 6) is 0.339. The van der Waals surface area contributed by atoms with E-state index < -0.39 is 0 Å². The lowest BCUT2D eigenvalue weighted by Gasteiger charge is -2.18. The van der Waals surface area contributed by atoms with E-state index in [4.69, 9.17) is 4.74 Å². The van der Waals surface area contributed by atoms with Crippen molar-refractivity contribution in [1.82, 2.24) is 9.88 Å². The molecule has 3 heterocycles. The van der Waals surface area contributed by atoms with Gasteiger partial charge in [0.05, 0.1) is 12.5 Å². The molecule has 1 aromatic carbocycles. The van der Waals surface area contributed by atoms with Crippen molar-refractivity contribution in [3.05, 3.63) is 71.9 Å². The van der Waals surface area contributed by atoms with E-state index in [1.54, 1.807) is 24.4 Å². The molecule has 4 rings (SSSR count). The fraction of sp³-hybridized carbons (Fsp3) is 0.320. The Kier molecular flexibility index (Phi) is 6.89. The molecule has 6 heteroatoms. The molecule has 1 saturated heterocycles. The Morgan fingerprint density at radius 3 is 2.74 bits per heavy atom. The van der Waals surface area contributed by atoms with Crippen LogP contribution in [0.25, 0.3) is 11.6 Å². The minimum absolute atomic E-state index is 0.00123. The summed E-state index contributed by atoms with van der Waals surface area (Å²) in [5, 5.41) is 2.82. The number of amides is 2. The molecule has 0 saturated carbocycles. The first-order chi connectivity index (χ1) is 15.2. The van der Waals surface area contributed by atoms with Crippen molar-refractivity contribution < 1.29 is 14.3 Å². The molecule has 1 N–H and O–H groups in total. The zero-order chi connectivity index (χ0) is 21.5. The van der Waals surface area contributed by atoms with Crippen LogP contribution in [-0.2, 0) is 14.3 Å². The van der Waals surface area contributed by atoms with Crippen molar-refractivity contribution >= 4 is 29.3 Å². The van der Waals surface area contributed by atoms with Crippen molar-refractivity contribution in [2.24, 2.45) is 5.92 Å². The van der Waals surface area contributed by atoms with E-state index in [-0.39, 0.29) is 17.7 Å². The third-order valence-electron chi connectivity index (χ3n) is 5.65. The first-order valence-electron chi connectivity index (χ1n) is 10.7. The number of ether oxygens (including phenoxy) is 1. The van der Waals surface area contributed by atoms with Gasteiger partial charge in [-0.1, -0.05) is 36.4 Å². The summed E-state index contributed by atoms with van der Waals surface area (Å²) in [7, 11) is 0. The van der Waals surface area contributed by atoms with Crippen LogP contribution >= 0.6 is 0 Å². The topological polar surface area (TPSA) is 71.5 Å². The fourth-order valence-corrected chi connectivity index (χ4v) is 3.82. The molecule has 0 bridgehead atoms. The maximum absolute atomic E-state index is 12.7. The SMILES string of the molecule is O=C(Nc1ccc(C=CC(=O)N2CCC=C(c3ccccc3)CC2)cn1)C1CCOC1. The molecule has 1 unspecified atom stereocenters. The highest BCUT2D eigenvalue weighted by Crippen LogP contribution is 2.22. The van der Waals surface area contributed by atoms with Crippen LogP contribution in [0.1, 0.15) is 30.4 Å². The predicted octanol–water partition coefficient (Wildman–Crippen LogP) is 3.78. The number of carbonyl (C=O) groups excluding carboxylic acids is 2. The van der Waals surface area contributed by atoms with Gasteiger partial charge in [0.2, 0.25) is 11.8 Å². The van der Waals surface area contributed by atoms with Gasteiger partial charge in [0, 0.05) is 32.0 Å². The average Bonchev–Trinajstić information content (AvgIpc) is 3.24. The summed E-state index contributed by atoms with van der Waals surface area (Å²) in [4.78, 5) is 31.0. The Bertz CT molecular complexity index is 961. The Labute approximate surface area is 182 Å². The maximum atomic E-state index is 12.7. The van der Waals surface area contributed by atoms with Gasteiger partial charge in [-0.25, -0.2) is 4.98 Å². The van der Waals surface area contributed by atoms with E-state index in [1.807, 2.05) is 29.2 Å². The highest BCUT2D eigenvalue weighted by atomic mass is 16.5. The molecule has 6 nitrogen and oxygen atoms in total. The van der Waals surface area contributed by atoms with Crippen molar-refractivity contribution in [3.8, 4) is 0 Å². The van der Waals surface area contributed by atoms with E-state index in [0.717, 1.165) is 24.8 Å². The van der Waals surface area contributed by atoms with Gasteiger partial charge in [0.25, 0.3) is 0 Å². The molecule has 0 radical (unpaired) electrons. The minimum Gasteiger partial charge on any atom is -0.381 e. The van der Waals surface area contributed by atoms with Gasteiger partial charge < -0.3 is 15.0 Å². The third-order valence-corrected chi connectivity index (χ3v) is 5.65. The molecule has 2 aliphatic rings. The number of pyridine rings is 1. The molecule has 2 aliphatic heterocycles. The van der Waals surface area contributed by atoms with Gasteiger partial charge in [0.15, 0.2) is 0 Å². The standard InChI is InChI=1S/C25H27N3O3/c29-24(28-14-4-7-21(12-15-28)20-5-2-1-3-6-20)11-9-19-8-10-23(26-17-19)27-25(30)22-13-16-31-18-22/h1-3,5-11,17,22H,4,12-16,18H2,(H,26,27,30). The van der Waals surface area contributed by atoms with Gasteiger partial charge in [-0.3, -0.25) is 9.59 Å². The number of hydrogen-bond donors (Lipinski definition) is 1. The molecule has 2 amide bonds. The largest absolute Gasteiger partial charge is 0.381 e. The van der Waals surface area contributed by atoms with Gasteiger partial charge in [-0.15, -0.1) is 0 Å². The van der Waals surface area contributed by atoms with Crippen LogP contribution in [0.3, 0.4) is 0 Å². The van der Waals surface area contributed by atoms with Crippen molar-refractivity contribution in [3.63, 3.8) is 0 Å². The van der Waals surface area contributed by atoms with E-state index in [2.05, 4.69) is 28.5 Å². The van der Waals surface area contributed by atoms with Crippen LogP contribution in [0.15, 0.2) is 60.8 Å². The predicted molar refractivity (Wildman–Crippen MR) is 121 cm³/mol. The van der Waals surface area contributed by atoms with E-state index in [1.165, 1.54) is 11.1 Å². The number of aromatic nitrogens is 1. The lowest BCUT2D eigenvalue weighted by atomic mass is 10.0. The molecule has 31 heavy (non-hydrogen) atoms. The highest BCUT2D eigenvalue weighted by molar-refractivity contribution is 5.93. The van der Waals surface area contributed by atoms with Crippen LogP contribution in [0.2, 0.25) is 0 Å². The number of hydrogen-bond acceptors (Lipinski definition) is 4. The zero-order valence-corrected chi connectivity index (χ0v) is 17.5. The molecule has 1 aromatic heterocycles. The van der Waals surface area contributed by atoms with Crippen molar-refractivity contribution in [2.75, 3.05) is 31.6 Å². The second-order valence-corrected chi connectivity index (χ2v) is 7.82.